The number of unbranched alkanes of at least 4 members (excludes halogenated alkanes) is 5. The molecular formula is C19H32O2S. The molecule has 126 valence electrons. The van der Waals surface area contributed by atoms with Gasteiger partial charge in [-0.1, -0.05) is 39.0 Å². The number of hydrogen-bond acceptors (Lipinski definition) is 3. The maximum atomic E-state index is 5.82. The van der Waals surface area contributed by atoms with Gasteiger partial charge in [-0.2, -0.15) is 0 Å². The Bertz CT molecular complexity index is 383. The van der Waals surface area contributed by atoms with Gasteiger partial charge in [0.1, 0.15) is 0 Å². The molecule has 0 saturated carbocycles. The molecule has 0 aliphatic carbocycles. The molecule has 0 spiro atoms. The molecule has 0 N–H and O–H groups in total. The summed E-state index contributed by atoms with van der Waals surface area (Å²) in [5, 5.41) is 0. The second kappa shape index (κ2) is 11.2. The molecule has 0 radical (unpaired) electrons. The molecule has 1 aliphatic heterocycles. The van der Waals surface area contributed by atoms with Crippen LogP contribution in [0.1, 0.15) is 74.5 Å². The van der Waals surface area contributed by atoms with Crippen LogP contribution in [0.25, 0.3) is 0 Å². The lowest BCUT2D eigenvalue weighted by molar-refractivity contribution is -0.161. The van der Waals surface area contributed by atoms with Gasteiger partial charge >= 0.3 is 0 Å². The summed E-state index contributed by atoms with van der Waals surface area (Å²) in [6, 6.07) is 4.59. The van der Waals surface area contributed by atoms with Gasteiger partial charge in [-0.05, 0) is 44.2 Å². The average Bonchev–Trinajstić information content (AvgIpc) is 3.00. The Morgan fingerprint density at radius 1 is 1.05 bits per heavy atom. The summed E-state index contributed by atoms with van der Waals surface area (Å²) in [6.45, 7) is 3.94. The molecule has 2 heterocycles. The van der Waals surface area contributed by atoms with E-state index in [9.17, 15) is 0 Å². The molecular weight excluding hydrogens is 292 g/mol. The van der Waals surface area contributed by atoms with Crippen molar-refractivity contribution in [2.24, 2.45) is 0 Å². The molecule has 3 heteroatoms. The lowest BCUT2D eigenvalue weighted by atomic mass is 10.1. The predicted octanol–water partition coefficient (Wildman–Crippen LogP) is 5.74. The van der Waals surface area contributed by atoms with Crippen molar-refractivity contribution in [1.29, 1.82) is 0 Å². The van der Waals surface area contributed by atoms with Crippen LogP contribution < -0.4 is 0 Å². The zero-order chi connectivity index (χ0) is 15.5. The molecule has 0 aromatic carbocycles. The van der Waals surface area contributed by atoms with Crippen LogP contribution in [-0.4, -0.2) is 19.5 Å². The van der Waals surface area contributed by atoms with Crippen LogP contribution in [0.3, 0.4) is 0 Å². The van der Waals surface area contributed by atoms with Crippen molar-refractivity contribution in [3.05, 3.63) is 21.9 Å². The third-order valence-electron chi connectivity index (χ3n) is 4.28. The minimum absolute atomic E-state index is 0.0521. The molecule has 22 heavy (non-hydrogen) atoms. The van der Waals surface area contributed by atoms with Gasteiger partial charge in [0.25, 0.3) is 0 Å². The molecule has 1 aliphatic rings. The second-order valence-electron chi connectivity index (χ2n) is 6.30. The van der Waals surface area contributed by atoms with E-state index in [2.05, 4.69) is 19.1 Å². The van der Waals surface area contributed by atoms with E-state index in [1.54, 1.807) is 4.88 Å². The van der Waals surface area contributed by atoms with E-state index >= 15 is 0 Å². The molecule has 1 aromatic heterocycles. The third kappa shape index (κ3) is 7.26. The summed E-state index contributed by atoms with van der Waals surface area (Å²) in [5.74, 6) is 0. The van der Waals surface area contributed by atoms with Gasteiger partial charge in [-0.3, -0.25) is 0 Å². The number of aryl methyl sites for hydroxylation is 1. The summed E-state index contributed by atoms with van der Waals surface area (Å²) in [7, 11) is 0. The zero-order valence-electron chi connectivity index (χ0n) is 14.1. The number of hydrogen-bond donors (Lipinski definition) is 0. The minimum atomic E-state index is 0.0521. The van der Waals surface area contributed by atoms with Crippen LogP contribution in [-0.2, 0) is 22.3 Å². The maximum absolute atomic E-state index is 5.82. The van der Waals surface area contributed by atoms with Crippen LogP contribution in [0.4, 0.5) is 0 Å². The largest absolute Gasteiger partial charge is 0.353 e. The van der Waals surface area contributed by atoms with E-state index < -0.39 is 0 Å². The van der Waals surface area contributed by atoms with Gasteiger partial charge in [0, 0.05) is 22.8 Å². The maximum Gasteiger partial charge on any atom is 0.157 e. The SMILES string of the molecule is CCCCCCCCc1ccc(CCOC2CCCCO2)s1. The first kappa shape index (κ1) is 18.0. The first-order valence-corrected chi connectivity index (χ1v) is 10.0. The summed E-state index contributed by atoms with van der Waals surface area (Å²) in [4.78, 5) is 3.00. The Kier molecular flexibility index (Phi) is 9.15. The lowest BCUT2D eigenvalue weighted by Crippen LogP contribution is -2.23. The fourth-order valence-corrected chi connectivity index (χ4v) is 3.94. The van der Waals surface area contributed by atoms with Crippen molar-refractivity contribution in [3.63, 3.8) is 0 Å². The highest BCUT2D eigenvalue weighted by Crippen LogP contribution is 2.21. The zero-order valence-corrected chi connectivity index (χ0v) is 15.0. The van der Waals surface area contributed by atoms with E-state index in [1.165, 1.54) is 62.7 Å². The highest BCUT2D eigenvalue weighted by Gasteiger charge is 2.13. The Hall–Kier alpha value is -0.380. The van der Waals surface area contributed by atoms with Gasteiger partial charge in [0.15, 0.2) is 6.29 Å². The molecule has 1 atom stereocenters. The van der Waals surface area contributed by atoms with Crippen molar-refractivity contribution >= 4 is 11.3 Å². The number of rotatable bonds is 11. The topological polar surface area (TPSA) is 18.5 Å². The summed E-state index contributed by atoms with van der Waals surface area (Å²) in [6.07, 6.45) is 14.1. The monoisotopic (exact) mass is 324 g/mol. The Balaban J connectivity index is 1.53. The molecule has 1 unspecified atom stereocenters. The second-order valence-corrected chi connectivity index (χ2v) is 7.56. The Labute approximate surface area is 140 Å². The average molecular weight is 325 g/mol. The molecule has 2 rings (SSSR count). The fraction of sp³-hybridized carbons (Fsp3) is 0.789. The van der Waals surface area contributed by atoms with Crippen molar-refractivity contribution in [1.82, 2.24) is 0 Å². The van der Waals surface area contributed by atoms with E-state index in [4.69, 9.17) is 9.47 Å². The summed E-state index contributed by atoms with van der Waals surface area (Å²) >= 11 is 1.97. The van der Waals surface area contributed by atoms with Gasteiger partial charge in [0.2, 0.25) is 0 Å². The molecule has 0 bridgehead atoms. The van der Waals surface area contributed by atoms with Crippen LogP contribution in [0.15, 0.2) is 12.1 Å². The van der Waals surface area contributed by atoms with Gasteiger partial charge < -0.3 is 9.47 Å². The van der Waals surface area contributed by atoms with Crippen LogP contribution in [0.5, 0.6) is 0 Å². The number of ether oxygens (including phenoxy) is 2. The molecule has 1 aromatic rings. The van der Waals surface area contributed by atoms with Gasteiger partial charge in [-0.25, -0.2) is 0 Å². The van der Waals surface area contributed by atoms with E-state index in [-0.39, 0.29) is 6.29 Å². The highest BCUT2D eigenvalue weighted by atomic mass is 32.1. The third-order valence-corrected chi connectivity index (χ3v) is 5.49. The smallest absolute Gasteiger partial charge is 0.157 e. The van der Waals surface area contributed by atoms with Crippen LogP contribution >= 0.6 is 11.3 Å². The van der Waals surface area contributed by atoms with Gasteiger partial charge in [-0.15, -0.1) is 11.3 Å². The molecule has 1 fully saturated rings. The molecule has 0 amide bonds. The minimum Gasteiger partial charge on any atom is -0.353 e. The van der Waals surface area contributed by atoms with Crippen molar-refractivity contribution in [2.45, 2.75) is 83.8 Å². The molecule has 1 saturated heterocycles. The normalized spacial score (nSPS) is 18.7. The quantitative estimate of drug-likeness (QED) is 0.483. The standard InChI is InChI=1S/C19H32O2S/c1-2-3-4-5-6-7-10-17-12-13-18(22-17)14-16-21-19-11-8-9-15-20-19/h12-13,19H,2-11,14-16H2,1H3. The van der Waals surface area contributed by atoms with Crippen molar-refractivity contribution < 1.29 is 9.47 Å². The van der Waals surface area contributed by atoms with E-state index in [1.807, 2.05) is 11.3 Å². The van der Waals surface area contributed by atoms with Crippen molar-refractivity contribution in [3.8, 4) is 0 Å². The lowest BCUT2D eigenvalue weighted by Gasteiger charge is -2.22. The Morgan fingerprint density at radius 2 is 1.82 bits per heavy atom. The fourth-order valence-electron chi connectivity index (χ4n) is 2.90. The number of thiophene rings is 1. The van der Waals surface area contributed by atoms with E-state index in [0.717, 1.165) is 26.1 Å². The first-order chi connectivity index (χ1) is 10.9. The summed E-state index contributed by atoms with van der Waals surface area (Å²) in [5.41, 5.74) is 0. The highest BCUT2D eigenvalue weighted by molar-refractivity contribution is 7.11. The first-order valence-electron chi connectivity index (χ1n) is 9.19. The van der Waals surface area contributed by atoms with Gasteiger partial charge in [0.05, 0.1) is 6.61 Å². The van der Waals surface area contributed by atoms with E-state index in [0.29, 0.717) is 0 Å². The molecule has 2 nitrogen and oxygen atoms in total. The Morgan fingerprint density at radius 3 is 2.59 bits per heavy atom. The van der Waals surface area contributed by atoms with Crippen molar-refractivity contribution in [2.75, 3.05) is 13.2 Å². The van der Waals surface area contributed by atoms with Crippen LogP contribution in [0, 0.1) is 0 Å². The van der Waals surface area contributed by atoms with Crippen LogP contribution in [0.2, 0.25) is 0 Å². The summed E-state index contributed by atoms with van der Waals surface area (Å²) < 4.78 is 11.4. The predicted molar refractivity (Wildman–Crippen MR) is 94.6 cm³/mol.